The Morgan fingerprint density at radius 1 is 0.683 bits per heavy atom. The van der Waals surface area contributed by atoms with Gasteiger partial charge in [0.05, 0.1) is 16.9 Å². The highest BCUT2D eigenvalue weighted by Crippen LogP contribution is 2.46. The monoisotopic (exact) mass is 544 g/mol. The molecule has 6 aromatic rings. The number of nitrogens with zero attached hydrogens (tertiary/aromatic N) is 4. The number of anilines is 3. The van der Waals surface area contributed by atoms with Gasteiger partial charge in [-0.2, -0.15) is 0 Å². The molecule has 4 heterocycles. The van der Waals surface area contributed by atoms with Gasteiger partial charge in [0.1, 0.15) is 5.01 Å². The van der Waals surface area contributed by atoms with Crippen molar-refractivity contribution < 1.29 is 0 Å². The highest BCUT2D eigenvalue weighted by atomic mass is 32.1. The van der Waals surface area contributed by atoms with Crippen molar-refractivity contribution in [1.82, 2.24) is 9.88 Å². The Kier molecular flexibility index (Phi) is 4.81. The Morgan fingerprint density at radius 2 is 1.37 bits per heavy atom. The van der Waals surface area contributed by atoms with Crippen LogP contribution in [0.4, 0.5) is 17.1 Å². The molecular formula is C35H25BN4S. The SMILES string of the molecule is CN1C=CN(c2ccc3c(c2)B2c4cc(-c5nc6ccccc6s5)ccc4-c4ccccc4N2c2ccccc2-3)C1. The molecule has 41 heavy (non-hydrogen) atoms. The fourth-order valence-electron chi connectivity index (χ4n) is 6.74. The van der Waals surface area contributed by atoms with Crippen LogP contribution in [0.25, 0.3) is 43.0 Å². The first kappa shape index (κ1) is 23.0. The number of hydrogen-bond donors (Lipinski definition) is 0. The largest absolute Gasteiger partial charge is 0.376 e. The average Bonchev–Trinajstić information content (AvgIpc) is 3.67. The first-order valence-electron chi connectivity index (χ1n) is 14.0. The molecule has 0 aliphatic carbocycles. The summed E-state index contributed by atoms with van der Waals surface area (Å²) in [6.45, 7) is 0.897. The summed E-state index contributed by atoms with van der Waals surface area (Å²) in [4.78, 5) is 12.1. The van der Waals surface area contributed by atoms with Gasteiger partial charge in [-0.15, -0.1) is 11.3 Å². The molecule has 0 radical (unpaired) electrons. The minimum atomic E-state index is 0.0448. The summed E-state index contributed by atoms with van der Waals surface area (Å²) in [6.07, 6.45) is 4.31. The second-order valence-corrected chi connectivity index (χ2v) is 12.1. The van der Waals surface area contributed by atoms with Crippen molar-refractivity contribution in [3.63, 3.8) is 0 Å². The molecule has 3 aliphatic heterocycles. The second kappa shape index (κ2) is 8.60. The molecule has 1 aromatic heterocycles. The van der Waals surface area contributed by atoms with Crippen LogP contribution in [0.2, 0.25) is 0 Å². The van der Waals surface area contributed by atoms with Crippen LogP contribution in [0, 0.1) is 0 Å². The highest BCUT2D eigenvalue weighted by Gasteiger charge is 2.42. The maximum atomic E-state index is 5.02. The molecule has 0 fully saturated rings. The predicted octanol–water partition coefficient (Wildman–Crippen LogP) is 7.05. The van der Waals surface area contributed by atoms with E-state index in [-0.39, 0.29) is 6.85 Å². The molecule has 0 saturated heterocycles. The Balaban J connectivity index is 1.31. The predicted molar refractivity (Wildman–Crippen MR) is 174 cm³/mol. The lowest BCUT2D eigenvalue weighted by molar-refractivity contribution is 0.496. The van der Waals surface area contributed by atoms with Gasteiger partial charge >= 0.3 is 6.85 Å². The van der Waals surface area contributed by atoms with Crippen LogP contribution in [-0.4, -0.2) is 30.4 Å². The van der Waals surface area contributed by atoms with Crippen molar-refractivity contribution >= 4 is 56.4 Å². The van der Waals surface area contributed by atoms with Crippen LogP contribution >= 0.6 is 11.3 Å². The van der Waals surface area contributed by atoms with E-state index in [1.165, 1.54) is 60.5 Å². The van der Waals surface area contributed by atoms with Crippen LogP contribution in [0.15, 0.2) is 122 Å². The van der Waals surface area contributed by atoms with E-state index in [0.29, 0.717) is 0 Å². The topological polar surface area (TPSA) is 22.6 Å². The van der Waals surface area contributed by atoms with Gasteiger partial charge in [-0.25, -0.2) is 4.98 Å². The summed E-state index contributed by atoms with van der Waals surface area (Å²) in [5.74, 6) is 0. The number of rotatable bonds is 2. The molecular weight excluding hydrogens is 519 g/mol. The van der Waals surface area contributed by atoms with E-state index in [1.807, 2.05) is 0 Å². The molecule has 9 rings (SSSR count). The summed E-state index contributed by atoms with van der Waals surface area (Å²) in [5, 5.41) is 1.06. The zero-order chi connectivity index (χ0) is 27.1. The molecule has 5 aromatic carbocycles. The first-order chi connectivity index (χ1) is 20.2. The van der Waals surface area contributed by atoms with E-state index in [1.54, 1.807) is 11.3 Å². The third-order valence-corrected chi connectivity index (χ3v) is 9.68. The molecule has 6 heteroatoms. The van der Waals surface area contributed by atoms with Crippen LogP contribution < -0.4 is 20.6 Å². The lowest BCUT2D eigenvalue weighted by atomic mass is 9.43. The quantitative estimate of drug-likeness (QED) is 0.218. The van der Waals surface area contributed by atoms with Crippen LogP contribution in [-0.2, 0) is 0 Å². The minimum Gasteiger partial charge on any atom is -0.376 e. The molecule has 0 saturated carbocycles. The molecule has 0 unspecified atom stereocenters. The van der Waals surface area contributed by atoms with Gasteiger partial charge in [0.25, 0.3) is 0 Å². The van der Waals surface area contributed by atoms with E-state index in [2.05, 4.69) is 143 Å². The van der Waals surface area contributed by atoms with Gasteiger partial charge in [0.2, 0.25) is 0 Å². The molecule has 3 aliphatic rings. The maximum absolute atomic E-state index is 5.02. The van der Waals surface area contributed by atoms with Crippen molar-refractivity contribution in [1.29, 1.82) is 0 Å². The van der Waals surface area contributed by atoms with Crippen LogP contribution in [0.3, 0.4) is 0 Å². The number of para-hydroxylation sites is 3. The molecule has 0 bridgehead atoms. The summed E-state index contributed by atoms with van der Waals surface area (Å²) >= 11 is 1.77. The highest BCUT2D eigenvalue weighted by molar-refractivity contribution is 7.21. The molecule has 0 N–H and O–H groups in total. The lowest BCUT2D eigenvalue weighted by Crippen LogP contribution is -2.59. The maximum Gasteiger partial charge on any atom is 0.329 e. The molecule has 0 spiro atoms. The van der Waals surface area contributed by atoms with Gasteiger partial charge in [0, 0.05) is 53.2 Å². The van der Waals surface area contributed by atoms with Crippen molar-refractivity contribution in [3.8, 4) is 32.8 Å². The third kappa shape index (κ3) is 3.38. The van der Waals surface area contributed by atoms with Crippen molar-refractivity contribution in [2.75, 3.05) is 23.4 Å². The minimum absolute atomic E-state index is 0.0448. The standard InChI is InChI=1S/C35H25BN4S/c1-38-18-19-39(22-38)24-15-17-26-28-9-3-6-12-33(28)40-32-11-5-2-8-27(32)25-16-14-23(20-29(25)36(40)30(26)21-24)35-37-31-10-4-7-13-34(31)41-35/h2-21H,22H2,1H3. The van der Waals surface area contributed by atoms with Gasteiger partial charge in [-0.3, -0.25) is 0 Å². The van der Waals surface area contributed by atoms with E-state index < -0.39 is 0 Å². The van der Waals surface area contributed by atoms with Gasteiger partial charge in [-0.05, 0) is 58.5 Å². The van der Waals surface area contributed by atoms with Gasteiger partial charge in [-0.1, -0.05) is 72.8 Å². The van der Waals surface area contributed by atoms with E-state index >= 15 is 0 Å². The average molecular weight is 544 g/mol. The van der Waals surface area contributed by atoms with E-state index in [4.69, 9.17) is 4.98 Å². The van der Waals surface area contributed by atoms with Gasteiger partial charge < -0.3 is 14.6 Å². The third-order valence-electron chi connectivity index (χ3n) is 8.59. The molecule has 0 amide bonds. The van der Waals surface area contributed by atoms with Crippen LogP contribution in [0.5, 0.6) is 0 Å². The number of benzene rings is 5. The number of thiazole rings is 1. The second-order valence-electron chi connectivity index (χ2n) is 11.0. The zero-order valence-electron chi connectivity index (χ0n) is 22.5. The Labute approximate surface area is 243 Å². The van der Waals surface area contributed by atoms with Crippen molar-refractivity contribution in [2.45, 2.75) is 0 Å². The van der Waals surface area contributed by atoms with Crippen molar-refractivity contribution in [3.05, 3.63) is 122 Å². The normalized spacial score (nSPS) is 14.6. The fraction of sp³-hybridized carbons (Fsp3) is 0.0571. The Hall–Kier alpha value is -4.81. The summed E-state index contributed by atoms with van der Waals surface area (Å²) in [6, 6.07) is 40.1. The molecule has 194 valence electrons. The molecule has 0 atom stereocenters. The summed E-state index contributed by atoms with van der Waals surface area (Å²) < 4.78 is 1.22. The zero-order valence-corrected chi connectivity index (χ0v) is 23.3. The fourth-order valence-corrected chi connectivity index (χ4v) is 7.70. The molecule has 4 nitrogen and oxygen atoms in total. The Bertz CT molecular complexity index is 2010. The smallest absolute Gasteiger partial charge is 0.329 e. The van der Waals surface area contributed by atoms with Crippen molar-refractivity contribution in [2.24, 2.45) is 0 Å². The number of hydrogen-bond acceptors (Lipinski definition) is 5. The Morgan fingerprint density at radius 3 is 2.10 bits per heavy atom. The van der Waals surface area contributed by atoms with E-state index in [0.717, 1.165) is 17.2 Å². The number of fused-ring (bicyclic) bond motifs is 12. The van der Waals surface area contributed by atoms with Gasteiger partial charge in [0.15, 0.2) is 0 Å². The van der Waals surface area contributed by atoms with Crippen LogP contribution in [0.1, 0.15) is 0 Å². The first-order valence-corrected chi connectivity index (χ1v) is 14.8. The lowest BCUT2D eigenvalue weighted by Gasteiger charge is -2.43. The summed E-state index contributed by atoms with van der Waals surface area (Å²) in [7, 11) is 2.12. The van der Waals surface area contributed by atoms with E-state index in [9.17, 15) is 0 Å². The summed E-state index contributed by atoms with van der Waals surface area (Å²) in [5.41, 5.74) is 13.8. The number of aromatic nitrogens is 1.